The van der Waals surface area contributed by atoms with Crippen LogP contribution < -0.4 is 10.6 Å². The van der Waals surface area contributed by atoms with Gasteiger partial charge in [0.05, 0.1) is 27.3 Å². The van der Waals surface area contributed by atoms with Crippen LogP contribution in [0.3, 0.4) is 0 Å². The molecule has 1 atom stereocenters. The average Bonchev–Trinajstić information content (AvgIpc) is 3.21. The van der Waals surface area contributed by atoms with Crippen molar-refractivity contribution in [1.29, 1.82) is 0 Å². The van der Waals surface area contributed by atoms with E-state index in [1.54, 1.807) is 31.2 Å². The molecular formula is C21H21ClN6O4S. The van der Waals surface area contributed by atoms with Gasteiger partial charge < -0.3 is 15.2 Å². The summed E-state index contributed by atoms with van der Waals surface area (Å²) in [6, 6.07) is 11.9. The highest BCUT2D eigenvalue weighted by Gasteiger charge is 2.21. The highest BCUT2D eigenvalue weighted by Crippen LogP contribution is 2.22. The van der Waals surface area contributed by atoms with Crippen LogP contribution in [0.15, 0.2) is 53.7 Å². The molecule has 1 unspecified atom stereocenters. The zero-order valence-corrected chi connectivity index (χ0v) is 19.4. The number of benzene rings is 2. The fourth-order valence-corrected chi connectivity index (χ4v) is 4.03. The van der Waals surface area contributed by atoms with Crippen molar-refractivity contribution in [2.24, 2.45) is 0 Å². The average molecular weight is 489 g/mol. The van der Waals surface area contributed by atoms with Crippen molar-refractivity contribution in [3.63, 3.8) is 0 Å². The number of aromatic nitrogens is 3. The first-order valence-corrected chi connectivity index (χ1v) is 11.3. The van der Waals surface area contributed by atoms with Crippen molar-refractivity contribution >= 4 is 46.6 Å². The lowest BCUT2D eigenvalue weighted by atomic mass is 10.2. The standard InChI is InChI=1S/C21H21ClN6O4S/c1-3-27-19(13(2)23-20(30)16-6-4-5-7-17(16)22)25-26-21(27)33-12-18(29)24-14-8-10-15(11-9-14)28(31)32/h4-11,13H,3,12H2,1-2H3,(H,23,30)(H,24,29). The summed E-state index contributed by atoms with van der Waals surface area (Å²) in [5.74, 6) is 0.00269. The van der Waals surface area contributed by atoms with Crippen molar-refractivity contribution in [3.8, 4) is 0 Å². The summed E-state index contributed by atoms with van der Waals surface area (Å²) in [7, 11) is 0. The van der Waals surface area contributed by atoms with Crippen molar-refractivity contribution in [2.75, 3.05) is 11.1 Å². The van der Waals surface area contributed by atoms with Crippen LogP contribution in [0.2, 0.25) is 5.02 Å². The summed E-state index contributed by atoms with van der Waals surface area (Å²) in [5.41, 5.74) is 0.771. The van der Waals surface area contributed by atoms with Gasteiger partial charge in [-0.15, -0.1) is 10.2 Å². The number of halogens is 1. The Morgan fingerprint density at radius 3 is 2.52 bits per heavy atom. The topological polar surface area (TPSA) is 132 Å². The second kappa shape index (κ2) is 10.9. The van der Waals surface area contributed by atoms with E-state index in [1.165, 1.54) is 36.0 Å². The SMILES string of the molecule is CCn1c(SCC(=O)Nc2ccc([N+](=O)[O-])cc2)nnc1C(C)NC(=O)c1ccccc1Cl. The zero-order chi connectivity index (χ0) is 24.0. The Morgan fingerprint density at radius 2 is 1.88 bits per heavy atom. The lowest BCUT2D eigenvalue weighted by Crippen LogP contribution is -2.29. The third kappa shape index (κ3) is 6.08. The molecule has 0 bridgehead atoms. The molecule has 0 aliphatic carbocycles. The van der Waals surface area contributed by atoms with Gasteiger partial charge in [0.25, 0.3) is 11.6 Å². The van der Waals surface area contributed by atoms with Gasteiger partial charge in [-0.25, -0.2) is 0 Å². The highest BCUT2D eigenvalue weighted by molar-refractivity contribution is 7.99. The van der Waals surface area contributed by atoms with Crippen LogP contribution in [0.4, 0.5) is 11.4 Å². The molecule has 2 aromatic carbocycles. The van der Waals surface area contributed by atoms with E-state index in [0.717, 1.165) is 0 Å². The first-order chi connectivity index (χ1) is 15.8. The molecule has 0 saturated heterocycles. The van der Waals surface area contributed by atoms with Crippen molar-refractivity contribution in [1.82, 2.24) is 20.1 Å². The molecule has 3 aromatic rings. The van der Waals surface area contributed by atoms with Crippen LogP contribution in [0.1, 0.15) is 36.1 Å². The second-order valence-corrected chi connectivity index (χ2v) is 8.25. The van der Waals surface area contributed by atoms with Crippen molar-refractivity contribution in [2.45, 2.75) is 31.6 Å². The first-order valence-electron chi connectivity index (χ1n) is 9.95. The van der Waals surface area contributed by atoms with Gasteiger partial charge in [-0.1, -0.05) is 35.5 Å². The molecule has 172 valence electrons. The number of nitrogens with one attached hydrogen (secondary N) is 2. The van der Waals surface area contributed by atoms with Crippen molar-refractivity contribution < 1.29 is 14.5 Å². The van der Waals surface area contributed by atoms with Gasteiger partial charge in [0.1, 0.15) is 0 Å². The van der Waals surface area contributed by atoms with Crippen molar-refractivity contribution in [3.05, 3.63) is 75.1 Å². The lowest BCUT2D eigenvalue weighted by Gasteiger charge is -2.15. The smallest absolute Gasteiger partial charge is 0.269 e. The zero-order valence-electron chi connectivity index (χ0n) is 17.8. The summed E-state index contributed by atoms with van der Waals surface area (Å²) >= 11 is 7.29. The molecule has 0 aliphatic heterocycles. The molecule has 12 heteroatoms. The molecule has 10 nitrogen and oxygen atoms in total. The number of nitro groups is 1. The van der Waals surface area contributed by atoms with E-state index in [9.17, 15) is 19.7 Å². The third-order valence-corrected chi connectivity index (χ3v) is 5.91. The van der Waals surface area contributed by atoms with Crippen LogP contribution in [0.5, 0.6) is 0 Å². The minimum Gasteiger partial charge on any atom is -0.342 e. The van der Waals surface area contributed by atoms with Gasteiger partial charge in [-0.3, -0.25) is 19.7 Å². The number of hydrogen-bond acceptors (Lipinski definition) is 7. The number of thioether (sulfide) groups is 1. The van der Waals surface area contributed by atoms with Crippen LogP contribution in [-0.4, -0.2) is 37.3 Å². The molecule has 0 fully saturated rings. The maximum atomic E-state index is 12.6. The van der Waals surface area contributed by atoms with Gasteiger partial charge in [0, 0.05) is 24.4 Å². The molecule has 0 aliphatic rings. The Labute approximate surface area is 198 Å². The van der Waals surface area contributed by atoms with E-state index in [-0.39, 0.29) is 23.3 Å². The molecular weight excluding hydrogens is 468 g/mol. The number of amides is 2. The number of hydrogen-bond donors (Lipinski definition) is 2. The molecule has 33 heavy (non-hydrogen) atoms. The van der Waals surface area contributed by atoms with E-state index in [1.807, 2.05) is 11.5 Å². The Morgan fingerprint density at radius 1 is 1.18 bits per heavy atom. The van der Waals surface area contributed by atoms with E-state index in [0.29, 0.717) is 33.8 Å². The number of rotatable bonds is 9. The van der Waals surface area contributed by atoms with Gasteiger partial charge in [-0.2, -0.15) is 0 Å². The van der Waals surface area contributed by atoms with Crippen LogP contribution in [0, 0.1) is 10.1 Å². The van der Waals surface area contributed by atoms with Crippen LogP contribution in [0.25, 0.3) is 0 Å². The Balaban J connectivity index is 1.61. The van der Waals surface area contributed by atoms with Gasteiger partial charge >= 0.3 is 0 Å². The second-order valence-electron chi connectivity index (χ2n) is 6.90. The van der Waals surface area contributed by atoms with E-state index in [2.05, 4.69) is 20.8 Å². The predicted molar refractivity (Wildman–Crippen MR) is 125 cm³/mol. The maximum absolute atomic E-state index is 12.6. The Bertz CT molecular complexity index is 1170. The molecule has 3 rings (SSSR count). The molecule has 0 spiro atoms. The van der Waals surface area contributed by atoms with Gasteiger partial charge in [0.15, 0.2) is 11.0 Å². The molecule has 0 saturated carbocycles. The molecule has 1 heterocycles. The summed E-state index contributed by atoms with van der Waals surface area (Å²) in [6.45, 7) is 4.25. The number of non-ortho nitro benzene ring substituents is 1. The van der Waals surface area contributed by atoms with E-state index >= 15 is 0 Å². The summed E-state index contributed by atoms with van der Waals surface area (Å²) < 4.78 is 1.82. The van der Waals surface area contributed by atoms with Crippen LogP contribution >= 0.6 is 23.4 Å². The third-order valence-electron chi connectivity index (χ3n) is 4.61. The molecule has 2 N–H and O–H groups in total. The fraction of sp³-hybridized carbons (Fsp3) is 0.238. The fourth-order valence-electron chi connectivity index (χ4n) is 3.00. The Hall–Kier alpha value is -3.44. The van der Waals surface area contributed by atoms with E-state index in [4.69, 9.17) is 11.6 Å². The highest BCUT2D eigenvalue weighted by atomic mass is 35.5. The molecule has 2 amide bonds. The lowest BCUT2D eigenvalue weighted by molar-refractivity contribution is -0.384. The number of carbonyl (C=O) groups excluding carboxylic acids is 2. The minimum atomic E-state index is -0.505. The van der Waals surface area contributed by atoms with Gasteiger partial charge in [0.2, 0.25) is 5.91 Å². The number of anilines is 1. The molecule has 1 aromatic heterocycles. The quantitative estimate of drug-likeness (QED) is 0.263. The van der Waals surface area contributed by atoms with Gasteiger partial charge in [-0.05, 0) is 38.1 Å². The summed E-state index contributed by atoms with van der Waals surface area (Å²) in [4.78, 5) is 35.1. The normalized spacial score (nSPS) is 11.6. The monoisotopic (exact) mass is 488 g/mol. The van der Waals surface area contributed by atoms with E-state index < -0.39 is 11.0 Å². The largest absolute Gasteiger partial charge is 0.342 e. The number of carbonyl (C=O) groups is 2. The minimum absolute atomic E-state index is 0.0540. The summed E-state index contributed by atoms with van der Waals surface area (Å²) in [6.07, 6.45) is 0. The molecule has 0 radical (unpaired) electrons. The Kier molecular flexibility index (Phi) is 8.01. The maximum Gasteiger partial charge on any atom is 0.269 e. The number of nitrogens with zero attached hydrogens (tertiary/aromatic N) is 4. The predicted octanol–water partition coefficient (Wildman–Crippen LogP) is 4.08. The summed E-state index contributed by atoms with van der Waals surface area (Å²) in [5, 5.41) is 25.5. The van der Waals surface area contributed by atoms with Crippen LogP contribution in [-0.2, 0) is 11.3 Å². The first kappa shape index (κ1) is 24.2. The number of nitro benzene ring substituents is 1.